The summed E-state index contributed by atoms with van der Waals surface area (Å²) < 4.78 is 26.5. The van der Waals surface area contributed by atoms with Crippen LogP contribution in [0.25, 0.3) is 0 Å². The Hall–Kier alpha value is -4.23. The summed E-state index contributed by atoms with van der Waals surface area (Å²) in [7, 11) is -3.97. The number of sulfone groups is 1. The van der Waals surface area contributed by atoms with Crippen LogP contribution in [0.2, 0.25) is 0 Å². The summed E-state index contributed by atoms with van der Waals surface area (Å²) in [6, 6.07) is 33.1. The average Bonchev–Trinajstić information content (AvgIpc) is 2.91. The highest BCUT2D eigenvalue weighted by atomic mass is 32.2. The summed E-state index contributed by atoms with van der Waals surface area (Å²) in [4.78, 5) is 29.7. The van der Waals surface area contributed by atoms with Crippen LogP contribution in [0.3, 0.4) is 0 Å². The first-order chi connectivity index (χ1) is 17.3. The molecule has 0 saturated carbocycles. The number of imide groups is 1. The van der Waals surface area contributed by atoms with Crippen molar-refractivity contribution in [2.24, 2.45) is 0 Å². The summed E-state index contributed by atoms with van der Waals surface area (Å²) in [5.41, 5.74) is 2.62. The van der Waals surface area contributed by atoms with Gasteiger partial charge < -0.3 is 4.90 Å². The molecule has 0 atom stereocenters. The molecule has 0 aliphatic rings. The van der Waals surface area contributed by atoms with Crippen molar-refractivity contribution in [1.82, 2.24) is 4.90 Å². The Labute approximate surface area is 211 Å². The Bertz CT molecular complexity index is 1380. The van der Waals surface area contributed by atoms with Gasteiger partial charge in [-0.25, -0.2) is 8.42 Å². The van der Waals surface area contributed by atoms with Gasteiger partial charge in [0.2, 0.25) is 5.91 Å². The lowest BCUT2D eigenvalue weighted by molar-refractivity contribution is -0.126. The minimum Gasteiger partial charge on any atom is -0.332 e. The summed E-state index contributed by atoms with van der Waals surface area (Å²) in [5.74, 6) is -2.07. The molecule has 0 aliphatic heterocycles. The molecule has 0 spiro atoms. The van der Waals surface area contributed by atoms with Gasteiger partial charge >= 0.3 is 0 Å². The minimum absolute atomic E-state index is 0.0507. The zero-order valence-corrected chi connectivity index (χ0v) is 20.6. The Morgan fingerprint density at radius 2 is 1.14 bits per heavy atom. The fourth-order valence-electron chi connectivity index (χ4n) is 3.74. The van der Waals surface area contributed by atoms with Gasteiger partial charge in [-0.05, 0) is 55.5 Å². The number of anilines is 2. The van der Waals surface area contributed by atoms with Crippen molar-refractivity contribution in [3.63, 3.8) is 0 Å². The normalized spacial score (nSPS) is 11.0. The summed E-state index contributed by atoms with van der Waals surface area (Å²) in [5, 5.41) is 0. The number of aryl methyl sites for hydroxylation is 1. The van der Waals surface area contributed by atoms with E-state index < -0.39 is 27.5 Å². The molecule has 0 unspecified atom stereocenters. The van der Waals surface area contributed by atoms with Gasteiger partial charge in [0.25, 0.3) is 5.91 Å². The number of benzene rings is 4. The quantitative estimate of drug-likeness (QED) is 0.332. The predicted octanol–water partition coefficient (Wildman–Crippen LogP) is 5.23. The van der Waals surface area contributed by atoms with E-state index in [9.17, 15) is 18.0 Å². The molecular formula is C29H26N2O4S. The lowest BCUT2D eigenvalue weighted by atomic mass is 10.2. The second-order valence-electron chi connectivity index (χ2n) is 8.31. The maximum atomic E-state index is 13.7. The molecule has 7 heteroatoms. The van der Waals surface area contributed by atoms with E-state index in [1.54, 1.807) is 47.4 Å². The third-order valence-corrected chi connectivity index (χ3v) is 7.26. The van der Waals surface area contributed by atoms with Crippen molar-refractivity contribution in [2.45, 2.75) is 11.8 Å². The highest BCUT2D eigenvalue weighted by Gasteiger charge is 2.30. The van der Waals surface area contributed by atoms with Crippen LogP contribution in [0.5, 0.6) is 0 Å². The molecule has 0 aliphatic carbocycles. The minimum atomic E-state index is -3.97. The summed E-state index contributed by atoms with van der Waals surface area (Å²) in [6.07, 6.45) is 0. The zero-order valence-electron chi connectivity index (χ0n) is 19.8. The van der Waals surface area contributed by atoms with Crippen LogP contribution in [0.1, 0.15) is 15.9 Å². The number of rotatable bonds is 8. The van der Waals surface area contributed by atoms with Crippen molar-refractivity contribution in [2.75, 3.05) is 17.3 Å². The Kier molecular flexibility index (Phi) is 7.61. The van der Waals surface area contributed by atoms with Crippen LogP contribution in [-0.2, 0) is 14.6 Å². The first-order valence-corrected chi connectivity index (χ1v) is 13.1. The molecular weight excluding hydrogens is 472 g/mol. The van der Waals surface area contributed by atoms with Gasteiger partial charge in [-0.2, -0.15) is 0 Å². The van der Waals surface area contributed by atoms with Gasteiger partial charge in [-0.1, -0.05) is 72.3 Å². The van der Waals surface area contributed by atoms with E-state index in [1.165, 1.54) is 12.1 Å². The van der Waals surface area contributed by atoms with Crippen molar-refractivity contribution < 1.29 is 18.0 Å². The van der Waals surface area contributed by atoms with Crippen LogP contribution in [0, 0.1) is 6.92 Å². The summed E-state index contributed by atoms with van der Waals surface area (Å²) >= 11 is 0. The second kappa shape index (κ2) is 11.0. The number of nitrogens with zero attached hydrogens (tertiary/aromatic N) is 2. The molecule has 4 rings (SSSR count). The van der Waals surface area contributed by atoms with Gasteiger partial charge in [-0.3, -0.25) is 14.5 Å². The van der Waals surface area contributed by atoms with Gasteiger partial charge in [-0.15, -0.1) is 0 Å². The number of amides is 2. The molecule has 182 valence electrons. The molecule has 6 nitrogen and oxygen atoms in total. The maximum absolute atomic E-state index is 13.7. The van der Waals surface area contributed by atoms with Gasteiger partial charge in [0.1, 0.15) is 12.4 Å². The molecule has 0 aromatic heterocycles. The monoisotopic (exact) mass is 498 g/mol. The van der Waals surface area contributed by atoms with E-state index in [-0.39, 0.29) is 17.0 Å². The van der Waals surface area contributed by atoms with E-state index in [4.69, 9.17) is 0 Å². The molecule has 4 aromatic carbocycles. The van der Waals surface area contributed by atoms with E-state index in [0.717, 1.165) is 21.8 Å². The van der Waals surface area contributed by atoms with Crippen LogP contribution in [0.4, 0.5) is 11.4 Å². The Morgan fingerprint density at radius 1 is 0.667 bits per heavy atom. The first kappa shape index (κ1) is 24.9. The van der Waals surface area contributed by atoms with E-state index in [0.29, 0.717) is 0 Å². The predicted molar refractivity (Wildman–Crippen MR) is 141 cm³/mol. The smallest absolute Gasteiger partial charge is 0.261 e. The molecule has 2 amide bonds. The highest BCUT2D eigenvalue weighted by molar-refractivity contribution is 7.91. The van der Waals surface area contributed by atoms with Crippen LogP contribution in [-0.4, -0.2) is 37.6 Å². The molecule has 0 radical (unpaired) electrons. The van der Waals surface area contributed by atoms with E-state index >= 15 is 0 Å². The van der Waals surface area contributed by atoms with Crippen molar-refractivity contribution in [3.05, 3.63) is 126 Å². The zero-order chi connectivity index (χ0) is 25.5. The van der Waals surface area contributed by atoms with E-state index in [1.807, 2.05) is 67.6 Å². The molecule has 0 bridgehead atoms. The average molecular weight is 499 g/mol. The van der Waals surface area contributed by atoms with Gasteiger partial charge in [0.05, 0.1) is 4.90 Å². The van der Waals surface area contributed by atoms with Crippen molar-refractivity contribution in [1.29, 1.82) is 0 Å². The molecule has 36 heavy (non-hydrogen) atoms. The number of carbonyl (C=O) groups is 2. The Balaban J connectivity index is 1.70. The van der Waals surface area contributed by atoms with Crippen molar-refractivity contribution >= 4 is 33.0 Å². The lowest BCUT2D eigenvalue weighted by Gasteiger charge is -2.28. The molecule has 0 heterocycles. The number of carbonyl (C=O) groups excluding carboxylic acids is 2. The van der Waals surface area contributed by atoms with Crippen LogP contribution < -0.4 is 4.90 Å². The van der Waals surface area contributed by atoms with Crippen LogP contribution >= 0.6 is 0 Å². The third kappa shape index (κ3) is 5.87. The topological polar surface area (TPSA) is 74.8 Å². The number of para-hydroxylation sites is 2. The SMILES string of the molecule is Cc1ccc(S(=O)(=O)CN(C(=O)CN(c2ccccc2)c2ccccc2)C(=O)c2ccccc2)cc1. The number of hydrogen-bond donors (Lipinski definition) is 0. The van der Waals surface area contributed by atoms with Crippen LogP contribution in [0.15, 0.2) is 120 Å². The fraction of sp³-hybridized carbons (Fsp3) is 0.103. The second-order valence-corrected chi connectivity index (χ2v) is 10.3. The number of hydrogen-bond acceptors (Lipinski definition) is 5. The van der Waals surface area contributed by atoms with Gasteiger partial charge in [0.15, 0.2) is 9.84 Å². The van der Waals surface area contributed by atoms with Crippen molar-refractivity contribution in [3.8, 4) is 0 Å². The fourth-order valence-corrected chi connectivity index (χ4v) is 5.04. The standard InChI is InChI=1S/C29H26N2O4S/c1-23-17-19-27(20-18-23)36(34,35)22-31(29(33)24-11-5-2-6-12-24)28(32)21-30(25-13-7-3-8-14-25)26-15-9-4-10-16-26/h2-20H,21-22H2,1H3. The maximum Gasteiger partial charge on any atom is 0.261 e. The molecule has 0 saturated heterocycles. The lowest BCUT2D eigenvalue weighted by Crippen LogP contribution is -2.45. The van der Waals surface area contributed by atoms with Gasteiger partial charge in [0, 0.05) is 16.9 Å². The molecule has 4 aromatic rings. The molecule has 0 fully saturated rings. The largest absolute Gasteiger partial charge is 0.332 e. The Morgan fingerprint density at radius 3 is 1.64 bits per heavy atom. The molecule has 0 N–H and O–H groups in total. The highest BCUT2D eigenvalue weighted by Crippen LogP contribution is 2.25. The third-order valence-electron chi connectivity index (χ3n) is 5.68. The first-order valence-electron chi connectivity index (χ1n) is 11.4. The summed E-state index contributed by atoms with van der Waals surface area (Å²) in [6.45, 7) is 1.63. The van der Waals surface area contributed by atoms with E-state index in [2.05, 4.69) is 0 Å².